The number of pyridine rings is 2. The molecule has 0 bridgehead atoms. The maximum Gasteiger partial charge on any atom is 0.123 e. The number of anilines is 1. The second-order valence-corrected chi connectivity index (χ2v) is 3.61. The lowest BCUT2D eigenvalue weighted by Crippen LogP contribution is -1.94. The minimum Gasteiger partial charge on any atom is -0.384 e. The Hall–Kier alpha value is -1.90. The zero-order valence-electron chi connectivity index (χ0n) is 8.86. The fourth-order valence-electron chi connectivity index (χ4n) is 1.61. The zero-order chi connectivity index (χ0) is 10.8. The largest absolute Gasteiger partial charge is 0.384 e. The molecule has 0 aliphatic heterocycles. The van der Waals surface area contributed by atoms with E-state index >= 15 is 0 Å². The van der Waals surface area contributed by atoms with Crippen molar-refractivity contribution in [2.45, 2.75) is 13.8 Å². The number of aryl methyl sites for hydroxylation is 2. The Kier molecular flexibility index (Phi) is 2.37. The van der Waals surface area contributed by atoms with E-state index in [1.54, 1.807) is 12.4 Å². The van der Waals surface area contributed by atoms with E-state index in [2.05, 4.69) is 16.9 Å². The molecular weight excluding hydrogens is 186 g/mol. The first-order chi connectivity index (χ1) is 7.18. The molecule has 0 fully saturated rings. The topological polar surface area (TPSA) is 51.8 Å². The molecule has 0 atom stereocenters. The predicted octanol–water partition coefficient (Wildman–Crippen LogP) is 2.34. The number of rotatable bonds is 1. The van der Waals surface area contributed by atoms with Gasteiger partial charge in [-0.25, -0.2) is 4.98 Å². The first-order valence-corrected chi connectivity index (χ1v) is 4.81. The molecule has 3 heteroatoms. The molecule has 0 saturated heterocycles. The molecule has 15 heavy (non-hydrogen) atoms. The number of aromatic nitrogens is 2. The summed E-state index contributed by atoms with van der Waals surface area (Å²) in [6.45, 7) is 4.09. The Morgan fingerprint density at radius 1 is 1.07 bits per heavy atom. The SMILES string of the molecule is Cc1ccncc1-c1cnc(N)cc1C. The maximum atomic E-state index is 5.62. The third-order valence-electron chi connectivity index (χ3n) is 2.46. The fraction of sp³-hybridized carbons (Fsp3) is 0.167. The summed E-state index contributed by atoms with van der Waals surface area (Å²) in [5.41, 5.74) is 10.1. The smallest absolute Gasteiger partial charge is 0.123 e. The summed E-state index contributed by atoms with van der Waals surface area (Å²) in [7, 11) is 0. The van der Waals surface area contributed by atoms with Crippen molar-refractivity contribution in [2.24, 2.45) is 0 Å². The zero-order valence-corrected chi connectivity index (χ0v) is 8.86. The third-order valence-corrected chi connectivity index (χ3v) is 2.46. The molecular formula is C12H13N3. The average molecular weight is 199 g/mol. The highest BCUT2D eigenvalue weighted by Crippen LogP contribution is 2.25. The first-order valence-electron chi connectivity index (χ1n) is 4.81. The van der Waals surface area contributed by atoms with E-state index in [1.165, 1.54) is 5.56 Å². The number of nitrogens with two attached hydrogens (primary N) is 1. The fourth-order valence-corrected chi connectivity index (χ4v) is 1.61. The minimum absolute atomic E-state index is 0.554. The Balaban J connectivity index is 2.60. The van der Waals surface area contributed by atoms with Crippen molar-refractivity contribution >= 4 is 5.82 Å². The molecule has 2 heterocycles. The highest BCUT2D eigenvalue weighted by atomic mass is 14.8. The second-order valence-electron chi connectivity index (χ2n) is 3.61. The minimum atomic E-state index is 0.554. The number of nitrogen functional groups attached to an aromatic ring is 1. The average Bonchev–Trinajstić information content (AvgIpc) is 2.20. The van der Waals surface area contributed by atoms with Gasteiger partial charge in [-0.2, -0.15) is 0 Å². The van der Waals surface area contributed by atoms with Gasteiger partial charge in [0.2, 0.25) is 0 Å². The molecule has 0 saturated carbocycles. The van der Waals surface area contributed by atoms with E-state index < -0.39 is 0 Å². The van der Waals surface area contributed by atoms with E-state index in [0.717, 1.165) is 16.7 Å². The van der Waals surface area contributed by atoms with Gasteiger partial charge in [-0.05, 0) is 37.1 Å². The molecule has 2 N–H and O–H groups in total. The van der Waals surface area contributed by atoms with Gasteiger partial charge in [-0.15, -0.1) is 0 Å². The van der Waals surface area contributed by atoms with Gasteiger partial charge in [0.05, 0.1) is 0 Å². The van der Waals surface area contributed by atoms with Crippen LogP contribution < -0.4 is 5.73 Å². The lowest BCUT2D eigenvalue weighted by Gasteiger charge is -2.08. The lowest BCUT2D eigenvalue weighted by molar-refractivity contribution is 1.25. The van der Waals surface area contributed by atoms with Gasteiger partial charge in [0.1, 0.15) is 5.82 Å². The molecule has 2 rings (SSSR count). The molecule has 2 aromatic heterocycles. The van der Waals surface area contributed by atoms with Gasteiger partial charge in [0.25, 0.3) is 0 Å². The quantitative estimate of drug-likeness (QED) is 0.767. The summed E-state index contributed by atoms with van der Waals surface area (Å²) in [5.74, 6) is 0.554. The van der Waals surface area contributed by atoms with Crippen molar-refractivity contribution in [3.05, 3.63) is 41.9 Å². The highest BCUT2D eigenvalue weighted by Gasteiger charge is 2.05. The number of hydrogen-bond acceptors (Lipinski definition) is 3. The molecule has 0 amide bonds. The Labute approximate surface area is 89.0 Å². The summed E-state index contributed by atoms with van der Waals surface area (Å²) in [6.07, 6.45) is 5.45. The second kappa shape index (κ2) is 3.69. The summed E-state index contributed by atoms with van der Waals surface area (Å²) < 4.78 is 0. The van der Waals surface area contributed by atoms with Crippen LogP contribution in [-0.4, -0.2) is 9.97 Å². The number of hydrogen-bond donors (Lipinski definition) is 1. The molecule has 0 aliphatic carbocycles. The van der Waals surface area contributed by atoms with Crippen molar-refractivity contribution in [2.75, 3.05) is 5.73 Å². The molecule has 0 unspecified atom stereocenters. The van der Waals surface area contributed by atoms with E-state index in [1.807, 2.05) is 25.3 Å². The van der Waals surface area contributed by atoms with Gasteiger partial charge in [0, 0.05) is 29.7 Å². The van der Waals surface area contributed by atoms with E-state index in [4.69, 9.17) is 5.73 Å². The van der Waals surface area contributed by atoms with Crippen LogP contribution in [0.2, 0.25) is 0 Å². The van der Waals surface area contributed by atoms with Crippen molar-refractivity contribution in [1.29, 1.82) is 0 Å². The van der Waals surface area contributed by atoms with Crippen LogP contribution in [0, 0.1) is 13.8 Å². The molecule has 2 aromatic rings. The summed E-state index contributed by atoms with van der Waals surface area (Å²) in [5, 5.41) is 0. The van der Waals surface area contributed by atoms with Gasteiger partial charge >= 0.3 is 0 Å². The summed E-state index contributed by atoms with van der Waals surface area (Å²) in [6, 6.07) is 3.87. The van der Waals surface area contributed by atoms with E-state index in [-0.39, 0.29) is 0 Å². The first kappa shape index (κ1) is 9.65. The number of nitrogens with zero attached hydrogens (tertiary/aromatic N) is 2. The molecule has 0 radical (unpaired) electrons. The molecule has 0 aliphatic rings. The van der Waals surface area contributed by atoms with E-state index in [0.29, 0.717) is 5.82 Å². The van der Waals surface area contributed by atoms with Crippen molar-refractivity contribution in [3.8, 4) is 11.1 Å². The molecule has 0 spiro atoms. The highest BCUT2D eigenvalue weighted by molar-refractivity contribution is 5.69. The van der Waals surface area contributed by atoms with Crippen molar-refractivity contribution < 1.29 is 0 Å². The third kappa shape index (κ3) is 1.81. The van der Waals surface area contributed by atoms with Crippen LogP contribution in [0.1, 0.15) is 11.1 Å². The van der Waals surface area contributed by atoms with Crippen LogP contribution in [0.3, 0.4) is 0 Å². The van der Waals surface area contributed by atoms with Crippen LogP contribution >= 0.6 is 0 Å². The molecule has 76 valence electrons. The van der Waals surface area contributed by atoms with Crippen molar-refractivity contribution in [1.82, 2.24) is 9.97 Å². The van der Waals surface area contributed by atoms with Crippen LogP contribution in [0.15, 0.2) is 30.7 Å². The predicted molar refractivity (Wildman–Crippen MR) is 61.4 cm³/mol. The maximum absolute atomic E-state index is 5.62. The van der Waals surface area contributed by atoms with Crippen LogP contribution in [0.25, 0.3) is 11.1 Å². The monoisotopic (exact) mass is 199 g/mol. The normalized spacial score (nSPS) is 10.3. The molecule has 0 aromatic carbocycles. The van der Waals surface area contributed by atoms with Gasteiger partial charge in [-0.3, -0.25) is 4.98 Å². The Morgan fingerprint density at radius 3 is 2.47 bits per heavy atom. The van der Waals surface area contributed by atoms with Crippen molar-refractivity contribution in [3.63, 3.8) is 0 Å². The van der Waals surface area contributed by atoms with Crippen LogP contribution in [0.5, 0.6) is 0 Å². The van der Waals surface area contributed by atoms with Crippen LogP contribution in [0.4, 0.5) is 5.82 Å². The summed E-state index contributed by atoms with van der Waals surface area (Å²) >= 11 is 0. The van der Waals surface area contributed by atoms with Gasteiger partial charge < -0.3 is 5.73 Å². The lowest BCUT2D eigenvalue weighted by atomic mass is 10.0. The van der Waals surface area contributed by atoms with Gasteiger partial charge in [-0.1, -0.05) is 0 Å². The Morgan fingerprint density at radius 2 is 1.80 bits per heavy atom. The molecule has 3 nitrogen and oxygen atoms in total. The van der Waals surface area contributed by atoms with E-state index in [9.17, 15) is 0 Å². The summed E-state index contributed by atoms with van der Waals surface area (Å²) in [4.78, 5) is 8.23. The standard InChI is InChI=1S/C12H13N3/c1-8-3-4-14-6-10(8)11-7-15-12(13)5-9(11)2/h3-7H,1-2H3,(H2,13,15). The Bertz CT molecular complexity index is 492. The van der Waals surface area contributed by atoms with Crippen LogP contribution in [-0.2, 0) is 0 Å². The van der Waals surface area contributed by atoms with Gasteiger partial charge in [0.15, 0.2) is 0 Å².